The van der Waals surface area contributed by atoms with Gasteiger partial charge in [0.15, 0.2) is 0 Å². The molecule has 0 bridgehead atoms. The summed E-state index contributed by atoms with van der Waals surface area (Å²) in [5, 5.41) is 15.1. The van der Waals surface area contributed by atoms with Crippen LogP contribution in [-0.4, -0.2) is 47.8 Å². The molecule has 17 heavy (non-hydrogen) atoms. The Kier molecular flexibility index (Phi) is 6.65. The lowest BCUT2D eigenvalue weighted by molar-refractivity contribution is 0.120. The van der Waals surface area contributed by atoms with Crippen molar-refractivity contribution in [2.45, 2.75) is 26.5 Å². The number of hydrogen-bond donors (Lipinski definition) is 2. The quantitative estimate of drug-likeness (QED) is 0.734. The van der Waals surface area contributed by atoms with Gasteiger partial charge in [0.05, 0.1) is 17.3 Å². The Morgan fingerprint density at radius 3 is 2.82 bits per heavy atom. The van der Waals surface area contributed by atoms with Gasteiger partial charge < -0.3 is 10.4 Å². The summed E-state index contributed by atoms with van der Waals surface area (Å²) < 4.78 is 0. The Morgan fingerprint density at radius 1 is 1.47 bits per heavy atom. The largest absolute Gasteiger partial charge is 0.390 e. The maximum Gasteiger partial charge on any atom is 0.0795 e. The maximum absolute atomic E-state index is 9.84. The van der Waals surface area contributed by atoms with Gasteiger partial charge in [-0.3, -0.25) is 4.90 Å². The van der Waals surface area contributed by atoms with Crippen LogP contribution in [0.1, 0.15) is 19.5 Å². The number of aliphatic hydroxyl groups excluding tert-OH is 1. The molecule has 0 saturated carbocycles. The van der Waals surface area contributed by atoms with Crippen molar-refractivity contribution in [1.82, 2.24) is 15.2 Å². The van der Waals surface area contributed by atoms with Crippen LogP contribution in [0.3, 0.4) is 0 Å². The van der Waals surface area contributed by atoms with E-state index in [2.05, 4.69) is 29.0 Å². The van der Waals surface area contributed by atoms with Crippen molar-refractivity contribution in [3.8, 4) is 0 Å². The zero-order valence-electron chi connectivity index (χ0n) is 10.9. The number of aliphatic hydroxyl groups is 1. The SMILES string of the molecule is CC(C)CNCC(O)CN(C)Cc1cscn1. The van der Waals surface area contributed by atoms with E-state index in [1.165, 1.54) is 0 Å². The van der Waals surface area contributed by atoms with Crippen LogP contribution in [0.25, 0.3) is 0 Å². The molecule has 98 valence electrons. The molecule has 1 aromatic rings. The molecule has 0 amide bonds. The highest BCUT2D eigenvalue weighted by Gasteiger charge is 2.09. The Balaban J connectivity index is 2.14. The lowest BCUT2D eigenvalue weighted by Crippen LogP contribution is -2.37. The van der Waals surface area contributed by atoms with Crippen molar-refractivity contribution in [3.63, 3.8) is 0 Å². The fourth-order valence-corrected chi connectivity index (χ4v) is 2.17. The van der Waals surface area contributed by atoms with Crippen LogP contribution >= 0.6 is 11.3 Å². The van der Waals surface area contributed by atoms with Crippen molar-refractivity contribution >= 4 is 11.3 Å². The molecule has 1 heterocycles. The molecule has 1 aromatic heterocycles. The number of thiazole rings is 1. The average Bonchev–Trinajstić information content (AvgIpc) is 2.69. The molecule has 4 nitrogen and oxygen atoms in total. The highest BCUT2D eigenvalue weighted by atomic mass is 32.1. The number of hydrogen-bond acceptors (Lipinski definition) is 5. The molecule has 0 aromatic carbocycles. The van der Waals surface area contributed by atoms with E-state index in [4.69, 9.17) is 0 Å². The van der Waals surface area contributed by atoms with Crippen LogP contribution in [0.4, 0.5) is 0 Å². The second-order valence-corrected chi connectivity index (χ2v) is 5.60. The van der Waals surface area contributed by atoms with Gasteiger partial charge in [0.25, 0.3) is 0 Å². The second-order valence-electron chi connectivity index (χ2n) is 4.88. The van der Waals surface area contributed by atoms with Gasteiger partial charge in [-0.25, -0.2) is 4.98 Å². The summed E-state index contributed by atoms with van der Waals surface area (Å²) in [6.07, 6.45) is -0.322. The molecule has 0 fully saturated rings. The number of aromatic nitrogens is 1. The van der Waals surface area contributed by atoms with Gasteiger partial charge in [-0.1, -0.05) is 13.8 Å². The molecule has 0 aliphatic carbocycles. The molecular formula is C12H23N3OS. The molecule has 0 radical (unpaired) electrons. The maximum atomic E-state index is 9.84. The van der Waals surface area contributed by atoms with Gasteiger partial charge in [-0.05, 0) is 19.5 Å². The fourth-order valence-electron chi connectivity index (χ4n) is 1.62. The molecule has 0 aliphatic heterocycles. The molecule has 5 heteroatoms. The Morgan fingerprint density at radius 2 is 2.24 bits per heavy atom. The molecule has 0 spiro atoms. The summed E-state index contributed by atoms with van der Waals surface area (Å²) in [5.74, 6) is 0.620. The molecule has 0 saturated heterocycles. The minimum absolute atomic E-state index is 0.322. The van der Waals surface area contributed by atoms with Crippen LogP contribution in [-0.2, 0) is 6.54 Å². The normalized spacial score (nSPS) is 13.5. The minimum Gasteiger partial charge on any atom is -0.390 e. The first-order chi connectivity index (χ1) is 8.08. The highest BCUT2D eigenvalue weighted by Crippen LogP contribution is 2.04. The Bertz CT molecular complexity index is 290. The zero-order chi connectivity index (χ0) is 12.7. The summed E-state index contributed by atoms with van der Waals surface area (Å²) in [6.45, 7) is 7.39. The van der Waals surface area contributed by atoms with Crippen LogP contribution < -0.4 is 5.32 Å². The highest BCUT2D eigenvalue weighted by molar-refractivity contribution is 7.07. The van der Waals surface area contributed by atoms with Crippen molar-refractivity contribution < 1.29 is 5.11 Å². The van der Waals surface area contributed by atoms with Gasteiger partial charge in [0.2, 0.25) is 0 Å². The Labute approximate surface area is 108 Å². The monoisotopic (exact) mass is 257 g/mol. The zero-order valence-corrected chi connectivity index (χ0v) is 11.7. The minimum atomic E-state index is -0.322. The molecule has 2 N–H and O–H groups in total. The standard InChI is InChI=1S/C12H23N3OS/c1-10(2)4-13-5-12(16)7-15(3)6-11-8-17-9-14-11/h8-10,12-13,16H,4-7H2,1-3H3. The predicted octanol–water partition coefficient (Wildman–Crippen LogP) is 1.18. The van der Waals surface area contributed by atoms with Gasteiger partial charge in [-0.2, -0.15) is 0 Å². The number of nitrogens with one attached hydrogen (secondary N) is 1. The first kappa shape index (κ1) is 14.6. The van der Waals surface area contributed by atoms with E-state index in [-0.39, 0.29) is 6.10 Å². The van der Waals surface area contributed by atoms with Crippen molar-refractivity contribution in [2.24, 2.45) is 5.92 Å². The first-order valence-electron chi connectivity index (χ1n) is 6.02. The number of nitrogens with zero attached hydrogens (tertiary/aromatic N) is 2. The Hall–Kier alpha value is -0.490. The van der Waals surface area contributed by atoms with Gasteiger partial charge in [0.1, 0.15) is 0 Å². The topological polar surface area (TPSA) is 48.4 Å². The van der Waals surface area contributed by atoms with Crippen LogP contribution in [0.2, 0.25) is 0 Å². The van der Waals surface area contributed by atoms with Crippen LogP contribution in [0.5, 0.6) is 0 Å². The van der Waals surface area contributed by atoms with Gasteiger partial charge in [0, 0.05) is 25.0 Å². The molecule has 0 aliphatic rings. The van der Waals surface area contributed by atoms with Gasteiger partial charge >= 0.3 is 0 Å². The summed E-state index contributed by atoms with van der Waals surface area (Å²) in [7, 11) is 2.00. The van der Waals surface area contributed by atoms with Gasteiger partial charge in [-0.15, -0.1) is 11.3 Å². The van der Waals surface area contributed by atoms with Crippen molar-refractivity contribution in [3.05, 3.63) is 16.6 Å². The molecule has 1 rings (SSSR count). The smallest absolute Gasteiger partial charge is 0.0795 e. The third-order valence-corrected chi connectivity index (χ3v) is 3.01. The van der Waals surface area contributed by atoms with Crippen molar-refractivity contribution in [2.75, 3.05) is 26.7 Å². The van der Waals surface area contributed by atoms with Crippen molar-refractivity contribution in [1.29, 1.82) is 0 Å². The van der Waals surface area contributed by atoms with E-state index >= 15 is 0 Å². The molecule has 1 atom stereocenters. The number of likely N-dealkylation sites (N-methyl/N-ethyl adjacent to an activating group) is 1. The summed E-state index contributed by atoms with van der Waals surface area (Å²) in [5.41, 5.74) is 2.91. The van der Waals surface area contributed by atoms with E-state index in [0.29, 0.717) is 19.0 Å². The lowest BCUT2D eigenvalue weighted by Gasteiger charge is -2.20. The van der Waals surface area contributed by atoms with Crippen LogP contribution in [0, 0.1) is 5.92 Å². The lowest BCUT2D eigenvalue weighted by atomic mass is 10.2. The number of rotatable bonds is 8. The van der Waals surface area contributed by atoms with E-state index in [0.717, 1.165) is 18.8 Å². The summed E-state index contributed by atoms with van der Waals surface area (Å²) in [4.78, 5) is 6.32. The van der Waals surface area contributed by atoms with Crippen LogP contribution in [0.15, 0.2) is 10.9 Å². The second kappa shape index (κ2) is 7.76. The summed E-state index contributed by atoms with van der Waals surface area (Å²) >= 11 is 1.60. The third-order valence-electron chi connectivity index (χ3n) is 2.37. The summed E-state index contributed by atoms with van der Waals surface area (Å²) in [6, 6.07) is 0. The molecule has 1 unspecified atom stereocenters. The fraction of sp³-hybridized carbons (Fsp3) is 0.750. The van der Waals surface area contributed by atoms with E-state index in [1.54, 1.807) is 11.3 Å². The third kappa shape index (κ3) is 6.73. The first-order valence-corrected chi connectivity index (χ1v) is 6.96. The van der Waals surface area contributed by atoms with E-state index < -0.39 is 0 Å². The average molecular weight is 257 g/mol. The van der Waals surface area contributed by atoms with E-state index in [1.807, 2.05) is 17.9 Å². The molecular weight excluding hydrogens is 234 g/mol. The predicted molar refractivity (Wildman–Crippen MR) is 72.2 cm³/mol. The van der Waals surface area contributed by atoms with E-state index in [9.17, 15) is 5.11 Å².